The highest BCUT2D eigenvalue weighted by atomic mass is 32.1. The van der Waals surface area contributed by atoms with Gasteiger partial charge in [0.2, 0.25) is 0 Å². The number of hydrogen-bond acceptors (Lipinski definition) is 6. The molecule has 0 aliphatic carbocycles. The van der Waals surface area contributed by atoms with Gasteiger partial charge in [-0.1, -0.05) is 49.4 Å². The molecule has 4 aromatic rings. The van der Waals surface area contributed by atoms with Crippen LogP contribution in [0.1, 0.15) is 52.0 Å². The number of fused-ring (bicyclic) bond motifs is 1. The lowest BCUT2D eigenvalue weighted by atomic mass is 9.98. The van der Waals surface area contributed by atoms with E-state index in [0.717, 1.165) is 61.7 Å². The third-order valence-electron chi connectivity index (χ3n) is 8.23. The normalized spacial score (nSPS) is 17.2. The van der Waals surface area contributed by atoms with Gasteiger partial charge < -0.3 is 20.9 Å². The van der Waals surface area contributed by atoms with Gasteiger partial charge in [-0.15, -0.1) is 0 Å². The molecule has 0 unspecified atom stereocenters. The van der Waals surface area contributed by atoms with Gasteiger partial charge in [0.25, 0.3) is 11.8 Å². The maximum Gasteiger partial charge on any atom is 0.258 e. The highest BCUT2D eigenvalue weighted by molar-refractivity contribution is 7.08. The quantitative estimate of drug-likeness (QED) is 0.199. The van der Waals surface area contributed by atoms with Crippen molar-refractivity contribution < 1.29 is 9.59 Å². The molecule has 3 heterocycles. The molecule has 1 fully saturated rings. The van der Waals surface area contributed by atoms with Crippen molar-refractivity contribution in [3.63, 3.8) is 0 Å². The Morgan fingerprint density at radius 2 is 1.72 bits per heavy atom. The van der Waals surface area contributed by atoms with E-state index in [2.05, 4.69) is 64.0 Å². The smallest absolute Gasteiger partial charge is 0.258 e. The molecule has 3 aromatic carbocycles. The summed E-state index contributed by atoms with van der Waals surface area (Å²) >= 11 is 1.58. The van der Waals surface area contributed by atoms with E-state index in [4.69, 9.17) is 0 Å². The van der Waals surface area contributed by atoms with E-state index in [1.165, 1.54) is 5.56 Å². The Hall–Kier alpha value is -4.24. The Balaban J connectivity index is 1.27. The van der Waals surface area contributed by atoms with E-state index in [-0.39, 0.29) is 17.9 Å². The van der Waals surface area contributed by atoms with Crippen LogP contribution in [0.25, 0.3) is 11.3 Å². The second-order valence-corrected chi connectivity index (χ2v) is 12.0. The van der Waals surface area contributed by atoms with Crippen LogP contribution in [-0.4, -0.2) is 54.8 Å². The van der Waals surface area contributed by atoms with Crippen LogP contribution in [0.4, 0.5) is 11.4 Å². The summed E-state index contributed by atoms with van der Waals surface area (Å²) in [7, 11) is 2.17. The van der Waals surface area contributed by atoms with Crippen LogP contribution >= 0.6 is 11.3 Å². The van der Waals surface area contributed by atoms with Gasteiger partial charge in [0.1, 0.15) is 0 Å². The summed E-state index contributed by atoms with van der Waals surface area (Å²) in [6, 6.07) is 25.8. The number of piperazine rings is 1. The summed E-state index contributed by atoms with van der Waals surface area (Å²) in [5.41, 5.74) is 7.33. The second-order valence-electron chi connectivity index (χ2n) is 11.2. The number of amides is 2. The fraction of sp³-hybridized carbons (Fsp3) is 0.257. The van der Waals surface area contributed by atoms with Crippen LogP contribution in [0.3, 0.4) is 0 Å². The molecule has 8 heteroatoms. The molecule has 0 spiro atoms. The maximum atomic E-state index is 13.4. The highest BCUT2D eigenvalue weighted by Gasteiger charge is 2.30. The zero-order chi connectivity index (χ0) is 29.8. The van der Waals surface area contributed by atoms with Gasteiger partial charge in [0.15, 0.2) is 0 Å². The second kappa shape index (κ2) is 13.0. The summed E-state index contributed by atoms with van der Waals surface area (Å²) in [6.45, 7) is 7.32. The molecule has 1 atom stereocenters. The van der Waals surface area contributed by atoms with E-state index in [1.807, 2.05) is 59.3 Å². The average Bonchev–Trinajstić information content (AvgIpc) is 3.68. The van der Waals surface area contributed by atoms with Crippen molar-refractivity contribution in [2.45, 2.75) is 25.9 Å². The number of nitrogens with one attached hydrogen (secondary N) is 3. The molecule has 2 aliphatic rings. The molecular formula is C35H37N5O2S. The Morgan fingerprint density at radius 3 is 2.42 bits per heavy atom. The number of hydrogen-bond donors (Lipinski definition) is 3. The standard InChI is InChI=1S/C35H37N5O2S/c1-3-30(25-7-5-4-6-8-25)37-34(41)26-11-14-31-29(21-26)32(35(42)38-31)33(27-15-20-43-23-27)36-28-12-9-24(10-13-28)22-40-18-16-39(2)17-19-40/h4-15,20-21,23,30,36H,3,16-19,22H2,1-2H3,(H,37,41)(H,38,42)/t30-/m1/s1. The first-order valence-electron chi connectivity index (χ1n) is 14.8. The largest absolute Gasteiger partial charge is 0.354 e. The predicted molar refractivity (Wildman–Crippen MR) is 176 cm³/mol. The van der Waals surface area contributed by atoms with E-state index < -0.39 is 0 Å². The van der Waals surface area contributed by atoms with Crippen LogP contribution in [0.2, 0.25) is 0 Å². The monoisotopic (exact) mass is 591 g/mol. The van der Waals surface area contributed by atoms with E-state index in [0.29, 0.717) is 22.4 Å². The van der Waals surface area contributed by atoms with E-state index >= 15 is 0 Å². The summed E-state index contributed by atoms with van der Waals surface area (Å²) < 4.78 is 0. The third kappa shape index (κ3) is 6.57. The Labute approximate surface area is 257 Å². The lowest BCUT2D eigenvalue weighted by Crippen LogP contribution is -2.43. The van der Waals surface area contributed by atoms with Crippen molar-refractivity contribution in [2.24, 2.45) is 0 Å². The number of rotatable bonds is 9. The summed E-state index contributed by atoms with van der Waals surface area (Å²) in [5.74, 6) is -0.359. The Kier molecular flexibility index (Phi) is 8.69. The van der Waals surface area contributed by atoms with Gasteiger partial charge in [-0.25, -0.2) is 0 Å². The number of thiophene rings is 1. The minimum atomic E-state index is -0.191. The fourth-order valence-corrected chi connectivity index (χ4v) is 6.34. The van der Waals surface area contributed by atoms with E-state index in [9.17, 15) is 9.59 Å². The number of benzene rings is 3. The molecule has 0 saturated carbocycles. The SMILES string of the molecule is CC[C@@H](NC(=O)c1ccc2c(c1)C(=C(Nc1ccc(CN3CCN(C)CC3)cc1)c1ccsc1)C(=O)N2)c1ccccc1. The molecule has 43 heavy (non-hydrogen) atoms. The molecule has 0 radical (unpaired) electrons. The summed E-state index contributed by atoms with van der Waals surface area (Å²) in [6.07, 6.45) is 0.770. The predicted octanol–water partition coefficient (Wildman–Crippen LogP) is 6.31. The molecule has 1 aromatic heterocycles. The molecule has 6 rings (SSSR count). The molecule has 1 saturated heterocycles. The number of likely N-dealkylation sites (N-methyl/N-ethyl adjacent to an activating group) is 1. The van der Waals surface area contributed by atoms with Crippen molar-refractivity contribution >= 4 is 45.8 Å². The Morgan fingerprint density at radius 1 is 0.953 bits per heavy atom. The molecule has 2 amide bonds. The third-order valence-corrected chi connectivity index (χ3v) is 8.91. The van der Waals surface area contributed by atoms with Gasteiger partial charge in [-0.2, -0.15) is 11.3 Å². The number of carbonyl (C=O) groups is 2. The number of anilines is 2. The van der Waals surface area contributed by atoms with Crippen LogP contribution < -0.4 is 16.0 Å². The minimum Gasteiger partial charge on any atom is -0.354 e. The summed E-state index contributed by atoms with van der Waals surface area (Å²) in [5, 5.41) is 13.8. The van der Waals surface area contributed by atoms with Crippen LogP contribution in [0.5, 0.6) is 0 Å². The van der Waals surface area contributed by atoms with Crippen LogP contribution in [0, 0.1) is 0 Å². The molecule has 3 N–H and O–H groups in total. The molecule has 2 aliphatic heterocycles. The lowest BCUT2D eigenvalue weighted by molar-refractivity contribution is -0.110. The first kappa shape index (κ1) is 28.9. The highest BCUT2D eigenvalue weighted by Crippen LogP contribution is 2.38. The van der Waals surface area contributed by atoms with Crippen molar-refractivity contribution in [1.29, 1.82) is 0 Å². The van der Waals surface area contributed by atoms with Gasteiger partial charge >= 0.3 is 0 Å². The van der Waals surface area contributed by atoms with Gasteiger partial charge in [0.05, 0.1) is 17.3 Å². The van der Waals surface area contributed by atoms with Gasteiger partial charge in [-0.05, 0) is 66.4 Å². The van der Waals surface area contributed by atoms with Crippen LogP contribution in [-0.2, 0) is 11.3 Å². The van der Waals surface area contributed by atoms with Crippen molar-refractivity contribution in [3.05, 3.63) is 117 Å². The zero-order valence-corrected chi connectivity index (χ0v) is 25.4. The van der Waals surface area contributed by atoms with Gasteiger partial charge in [-0.3, -0.25) is 14.5 Å². The molecule has 7 nitrogen and oxygen atoms in total. The first-order valence-corrected chi connectivity index (χ1v) is 15.8. The van der Waals surface area contributed by atoms with Crippen molar-refractivity contribution in [1.82, 2.24) is 15.1 Å². The fourth-order valence-electron chi connectivity index (χ4n) is 5.69. The number of nitrogens with zero attached hydrogens (tertiary/aromatic N) is 2. The molecule has 0 bridgehead atoms. The first-order chi connectivity index (χ1) is 21.0. The Bertz CT molecular complexity index is 1610. The summed E-state index contributed by atoms with van der Waals surface area (Å²) in [4.78, 5) is 31.7. The van der Waals surface area contributed by atoms with Gasteiger partial charge in [0, 0.05) is 66.2 Å². The van der Waals surface area contributed by atoms with E-state index in [1.54, 1.807) is 17.4 Å². The maximum absolute atomic E-state index is 13.4. The molecular weight excluding hydrogens is 554 g/mol. The minimum absolute atomic E-state index is 0.0982. The van der Waals surface area contributed by atoms with Crippen molar-refractivity contribution in [3.8, 4) is 0 Å². The van der Waals surface area contributed by atoms with Crippen LogP contribution in [0.15, 0.2) is 89.6 Å². The van der Waals surface area contributed by atoms with Crippen molar-refractivity contribution in [2.75, 3.05) is 43.9 Å². The number of carbonyl (C=O) groups excluding carboxylic acids is 2. The lowest BCUT2D eigenvalue weighted by Gasteiger charge is -2.32. The average molecular weight is 592 g/mol. The molecule has 220 valence electrons. The zero-order valence-electron chi connectivity index (χ0n) is 24.6. The topological polar surface area (TPSA) is 76.7 Å².